The van der Waals surface area contributed by atoms with Crippen molar-refractivity contribution in [1.82, 2.24) is 15.0 Å². The van der Waals surface area contributed by atoms with Gasteiger partial charge in [-0.2, -0.15) is 5.26 Å². The second-order valence-corrected chi connectivity index (χ2v) is 5.91. The third-order valence-corrected chi connectivity index (χ3v) is 4.46. The SMILES string of the molecule is N#Cc1cc2c(N)ncnc2nc1N1CCN(c2ccccc2)CC1. The molecule has 1 aliphatic heterocycles. The van der Waals surface area contributed by atoms with Gasteiger partial charge in [-0.25, -0.2) is 15.0 Å². The van der Waals surface area contributed by atoms with Crippen LogP contribution in [0.3, 0.4) is 0 Å². The molecule has 1 aromatic carbocycles. The number of rotatable bonds is 2. The largest absolute Gasteiger partial charge is 0.383 e. The molecule has 0 unspecified atom stereocenters. The lowest BCUT2D eigenvalue weighted by Crippen LogP contribution is -2.47. The number of nitrogens with two attached hydrogens (primary N) is 1. The van der Waals surface area contributed by atoms with E-state index in [1.807, 2.05) is 18.2 Å². The molecule has 3 aromatic rings. The molecule has 0 saturated carbocycles. The van der Waals surface area contributed by atoms with Crippen LogP contribution in [0.15, 0.2) is 42.7 Å². The van der Waals surface area contributed by atoms with Crippen LogP contribution in [0.25, 0.3) is 11.0 Å². The Kier molecular flexibility index (Phi) is 3.78. The molecule has 7 heteroatoms. The first kappa shape index (κ1) is 15.1. The van der Waals surface area contributed by atoms with Crippen LogP contribution in [-0.2, 0) is 0 Å². The Hall–Kier alpha value is -3.40. The number of fused-ring (bicyclic) bond motifs is 1. The van der Waals surface area contributed by atoms with Gasteiger partial charge in [0.15, 0.2) is 5.65 Å². The number of anilines is 3. The molecule has 1 saturated heterocycles. The Labute approximate surface area is 145 Å². The molecule has 2 aromatic heterocycles. The number of hydrogen-bond acceptors (Lipinski definition) is 7. The molecule has 0 spiro atoms. The summed E-state index contributed by atoms with van der Waals surface area (Å²) in [5.41, 5.74) is 8.11. The van der Waals surface area contributed by atoms with Crippen LogP contribution in [0.2, 0.25) is 0 Å². The number of nitrogens with zero attached hydrogens (tertiary/aromatic N) is 6. The average Bonchev–Trinajstić information content (AvgIpc) is 2.68. The van der Waals surface area contributed by atoms with E-state index in [0.717, 1.165) is 26.2 Å². The van der Waals surface area contributed by atoms with Crippen molar-refractivity contribution in [2.45, 2.75) is 0 Å². The summed E-state index contributed by atoms with van der Waals surface area (Å²) < 4.78 is 0. The second-order valence-electron chi connectivity index (χ2n) is 5.91. The highest BCUT2D eigenvalue weighted by Crippen LogP contribution is 2.26. The molecule has 7 nitrogen and oxygen atoms in total. The Morgan fingerprint density at radius 3 is 2.44 bits per heavy atom. The maximum Gasteiger partial charge on any atom is 0.167 e. The zero-order chi connectivity index (χ0) is 17.2. The molecule has 2 N–H and O–H groups in total. The Balaban J connectivity index is 1.62. The quantitative estimate of drug-likeness (QED) is 0.765. The van der Waals surface area contributed by atoms with E-state index in [1.54, 1.807) is 6.07 Å². The van der Waals surface area contributed by atoms with Gasteiger partial charge < -0.3 is 15.5 Å². The van der Waals surface area contributed by atoms with Crippen molar-refractivity contribution < 1.29 is 0 Å². The van der Waals surface area contributed by atoms with E-state index in [0.29, 0.717) is 28.2 Å². The van der Waals surface area contributed by atoms with Crippen LogP contribution in [-0.4, -0.2) is 41.1 Å². The van der Waals surface area contributed by atoms with Gasteiger partial charge in [-0.3, -0.25) is 0 Å². The normalized spacial score (nSPS) is 14.5. The fourth-order valence-electron chi connectivity index (χ4n) is 3.13. The summed E-state index contributed by atoms with van der Waals surface area (Å²) in [7, 11) is 0. The summed E-state index contributed by atoms with van der Waals surface area (Å²) in [5.74, 6) is 1.01. The molecule has 1 fully saturated rings. The number of benzene rings is 1. The van der Waals surface area contributed by atoms with E-state index in [-0.39, 0.29) is 0 Å². The summed E-state index contributed by atoms with van der Waals surface area (Å²) in [4.78, 5) is 17.2. The Bertz CT molecular complexity index is 941. The first-order valence-corrected chi connectivity index (χ1v) is 8.12. The maximum atomic E-state index is 9.52. The molecule has 0 aliphatic carbocycles. The Morgan fingerprint density at radius 1 is 1.00 bits per heavy atom. The molecule has 0 bridgehead atoms. The molecule has 3 heterocycles. The van der Waals surface area contributed by atoms with Crippen molar-refractivity contribution in [3.05, 3.63) is 48.3 Å². The number of para-hydroxylation sites is 1. The summed E-state index contributed by atoms with van der Waals surface area (Å²) in [6.07, 6.45) is 1.40. The summed E-state index contributed by atoms with van der Waals surface area (Å²) in [6, 6.07) is 14.3. The lowest BCUT2D eigenvalue weighted by molar-refractivity contribution is 0.647. The Morgan fingerprint density at radius 2 is 1.72 bits per heavy atom. The number of pyridine rings is 1. The number of nitriles is 1. The zero-order valence-corrected chi connectivity index (χ0v) is 13.6. The first-order valence-electron chi connectivity index (χ1n) is 8.12. The van der Waals surface area contributed by atoms with Gasteiger partial charge in [-0.15, -0.1) is 0 Å². The minimum absolute atomic E-state index is 0.342. The van der Waals surface area contributed by atoms with E-state index in [1.165, 1.54) is 12.0 Å². The topological polar surface area (TPSA) is 95.0 Å². The molecule has 0 radical (unpaired) electrons. The van der Waals surface area contributed by atoms with E-state index in [9.17, 15) is 5.26 Å². The van der Waals surface area contributed by atoms with Crippen LogP contribution in [0.1, 0.15) is 5.56 Å². The van der Waals surface area contributed by atoms with Crippen LogP contribution in [0.4, 0.5) is 17.3 Å². The van der Waals surface area contributed by atoms with Gasteiger partial charge in [0, 0.05) is 31.9 Å². The van der Waals surface area contributed by atoms with Crippen LogP contribution >= 0.6 is 0 Å². The van der Waals surface area contributed by atoms with Crippen molar-refractivity contribution in [3.8, 4) is 6.07 Å². The van der Waals surface area contributed by atoms with Crippen molar-refractivity contribution in [3.63, 3.8) is 0 Å². The zero-order valence-electron chi connectivity index (χ0n) is 13.6. The lowest BCUT2D eigenvalue weighted by atomic mass is 10.2. The molecule has 4 rings (SSSR count). The highest BCUT2D eigenvalue weighted by Gasteiger charge is 2.21. The van der Waals surface area contributed by atoms with Crippen molar-refractivity contribution in [1.29, 1.82) is 5.26 Å². The van der Waals surface area contributed by atoms with Gasteiger partial charge in [0.05, 0.1) is 10.9 Å². The van der Waals surface area contributed by atoms with Crippen molar-refractivity contribution in [2.75, 3.05) is 41.7 Å². The summed E-state index contributed by atoms with van der Waals surface area (Å²) >= 11 is 0. The lowest BCUT2D eigenvalue weighted by Gasteiger charge is -2.37. The fraction of sp³-hybridized carbons (Fsp3) is 0.222. The molecule has 0 atom stereocenters. The van der Waals surface area contributed by atoms with E-state index in [2.05, 4.69) is 43.0 Å². The number of hydrogen-bond donors (Lipinski definition) is 1. The van der Waals surface area contributed by atoms with Gasteiger partial charge >= 0.3 is 0 Å². The van der Waals surface area contributed by atoms with Gasteiger partial charge in [0.1, 0.15) is 24.0 Å². The monoisotopic (exact) mass is 331 g/mol. The molecular formula is C18H17N7. The number of aromatic nitrogens is 3. The standard InChI is InChI=1S/C18H17N7/c19-11-13-10-15-16(20)21-12-22-17(15)23-18(13)25-8-6-24(7-9-25)14-4-2-1-3-5-14/h1-5,10,12H,6-9H2,(H2,20,21,22,23). The summed E-state index contributed by atoms with van der Waals surface area (Å²) in [5, 5.41) is 10.1. The molecular weight excluding hydrogens is 314 g/mol. The third-order valence-electron chi connectivity index (χ3n) is 4.46. The van der Waals surface area contributed by atoms with Crippen molar-refractivity contribution in [2.24, 2.45) is 0 Å². The molecule has 0 amide bonds. The summed E-state index contributed by atoms with van der Waals surface area (Å²) in [6.45, 7) is 3.34. The predicted molar refractivity (Wildman–Crippen MR) is 97.3 cm³/mol. The third kappa shape index (κ3) is 2.78. The molecule has 25 heavy (non-hydrogen) atoms. The van der Waals surface area contributed by atoms with Gasteiger partial charge in [0.25, 0.3) is 0 Å². The minimum atomic E-state index is 0.342. The first-order chi connectivity index (χ1) is 12.3. The second kappa shape index (κ2) is 6.24. The van der Waals surface area contributed by atoms with Crippen LogP contribution in [0.5, 0.6) is 0 Å². The highest BCUT2D eigenvalue weighted by molar-refractivity contribution is 5.88. The van der Waals surface area contributed by atoms with E-state index in [4.69, 9.17) is 5.73 Å². The number of piperazine rings is 1. The van der Waals surface area contributed by atoms with E-state index >= 15 is 0 Å². The minimum Gasteiger partial charge on any atom is -0.383 e. The van der Waals surface area contributed by atoms with Crippen molar-refractivity contribution >= 4 is 28.4 Å². The fourth-order valence-corrected chi connectivity index (χ4v) is 3.13. The number of nitrogen functional groups attached to an aromatic ring is 1. The molecule has 124 valence electrons. The van der Waals surface area contributed by atoms with Crippen LogP contribution in [0, 0.1) is 11.3 Å². The molecule has 1 aliphatic rings. The van der Waals surface area contributed by atoms with Crippen LogP contribution < -0.4 is 15.5 Å². The smallest absolute Gasteiger partial charge is 0.167 e. The van der Waals surface area contributed by atoms with E-state index < -0.39 is 0 Å². The predicted octanol–water partition coefficient (Wildman–Crippen LogP) is 1.81. The van der Waals surface area contributed by atoms with Gasteiger partial charge in [0.2, 0.25) is 0 Å². The van der Waals surface area contributed by atoms with Gasteiger partial charge in [-0.1, -0.05) is 18.2 Å². The van der Waals surface area contributed by atoms with Gasteiger partial charge in [-0.05, 0) is 18.2 Å². The maximum absolute atomic E-state index is 9.52. The average molecular weight is 331 g/mol. The highest BCUT2D eigenvalue weighted by atomic mass is 15.3.